The molecule has 0 aliphatic heterocycles. The van der Waals surface area contributed by atoms with E-state index in [9.17, 15) is 5.11 Å². The quantitative estimate of drug-likeness (QED) is 0.454. The molecule has 0 aromatic carbocycles. The van der Waals surface area contributed by atoms with Gasteiger partial charge < -0.3 is 9.84 Å². The fraction of sp³-hybridized carbons (Fsp3) is 1.00. The average molecular weight is 239 g/mol. The summed E-state index contributed by atoms with van der Waals surface area (Å²) in [4.78, 5) is 0. The maximum Gasteiger partial charge on any atom is 0.155 e. The second kappa shape index (κ2) is 5.95. The highest BCUT2D eigenvalue weighted by molar-refractivity contribution is 9.09. The molecule has 0 heterocycles. The van der Waals surface area contributed by atoms with Crippen LogP contribution >= 0.6 is 15.9 Å². The zero-order chi connectivity index (χ0) is 9.61. The molecule has 0 rings (SSSR count). The van der Waals surface area contributed by atoms with Gasteiger partial charge in [0.15, 0.2) is 6.29 Å². The van der Waals surface area contributed by atoms with Crippen LogP contribution in [0.15, 0.2) is 0 Å². The van der Waals surface area contributed by atoms with Gasteiger partial charge in [-0.15, -0.1) is 0 Å². The summed E-state index contributed by atoms with van der Waals surface area (Å²) in [5, 5.41) is 10.4. The third kappa shape index (κ3) is 8.50. The Morgan fingerprint density at radius 3 is 2.33 bits per heavy atom. The van der Waals surface area contributed by atoms with E-state index < -0.39 is 6.29 Å². The Kier molecular flexibility index (Phi) is 6.14. The number of alkyl halides is 1. The number of unbranched alkanes of at least 4 members (excludes halogenated alkanes) is 1. The Labute approximate surface area is 83.4 Å². The van der Waals surface area contributed by atoms with Crippen molar-refractivity contribution in [2.45, 2.75) is 51.9 Å². The zero-order valence-electron chi connectivity index (χ0n) is 8.14. The summed E-state index contributed by atoms with van der Waals surface area (Å²) in [5.41, 5.74) is -0.242. The van der Waals surface area contributed by atoms with Gasteiger partial charge in [0, 0.05) is 5.33 Å². The van der Waals surface area contributed by atoms with Crippen LogP contribution in [0.1, 0.15) is 40.0 Å². The summed E-state index contributed by atoms with van der Waals surface area (Å²) in [7, 11) is 0. The first-order valence-electron chi connectivity index (χ1n) is 4.37. The van der Waals surface area contributed by atoms with Crippen LogP contribution in [0.5, 0.6) is 0 Å². The lowest BCUT2D eigenvalue weighted by molar-refractivity contribution is -0.168. The van der Waals surface area contributed by atoms with Crippen LogP contribution in [0.2, 0.25) is 0 Å². The minimum absolute atomic E-state index is 0.242. The van der Waals surface area contributed by atoms with Gasteiger partial charge in [0.25, 0.3) is 0 Å². The van der Waals surface area contributed by atoms with Crippen molar-refractivity contribution in [3.8, 4) is 0 Å². The Balaban J connectivity index is 3.40. The molecule has 1 N–H and O–H groups in total. The van der Waals surface area contributed by atoms with E-state index >= 15 is 0 Å². The fourth-order valence-electron chi connectivity index (χ4n) is 0.880. The first-order valence-corrected chi connectivity index (χ1v) is 5.50. The lowest BCUT2D eigenvalue weighted by Crippen LogP contribution is -2.27. The van der Waals surface area contributed by atoms with Crippen molar-refractivity contribution >= 4 is 15.9 Å². The largest absolute Gasteiger partial charge is 0.368 e. The zero-order valence-corrected chi connectivity index (χ0v) is 9.73. The molecule has 0 radical (unpaired) electrons. The second-order valence-corrected chi connectivity index (χ2v) is 4.66. The number of aliphatic hydroxyl groups excluding tert-OH is 1. The lowest BCUT2D eigenvalue weighted by Gasteiger charge is -2.23. The molecule has 1 unspecified atom stereocenters. The van der Waals surface area contributed by atoms with E-state index in [1.165, 1.54) is 0 Å². The molecular formula is C9H19BrO2. The van der Waals surface area contributed by atoms with Gasteiger partial charge in [-0.25, -0.2) is 0 Å². The van der Waals surface area contributed by atoms with Gasteiger partial charge in [-0.3, -0.25) is 0 Å². The van der Waals surface area contributed by atoms with Gasteiger partial charge >= 0.3 is 0 Å². The van der Waals surface area contributed by atoms with E-state index in [2.05, 4.69) is 15.9 Å². The third-order valence-electron chi connectivity index (χ3n) is 1.32. The Morgan fingerprint density at radius 1 is 1.33 bits per heavy atom. The molecule has 0 saturated heterocycles. The maximum absolute atomic E-state index is 9.37. The average Bonchev–Trinajstić information content (AvgIpc) is 1.84. The minimum Gasteiger partial charge on any atom is -0.368 e. The van der Waals surface area contributed by atoms with E-state index in [4.69, 9.17) is 4.74 Å². The van der Waals surface area contributed by atoms with E-state index in [0.717, 1.165) is 24.6 Å². The summed E-state index contributed by atoms with van der Waals surface area (Å²) < 4.78 is 5.32. The summed E-state index contributed by atoms with van der Waals surface area (Å²) >= 11 is 3.34. The van der Waals surface area contributed by atoms with Crippen molar-refractivity contribution in [3.63, 3.8) is 0 Å². The molecule has 0 amide bonds. The summed E-state index contributed by atoms with van der Waals surface area (Å²) in [6.07, 6.45) is 2.21. The minimum atomic E-state index is -0.607. The standard InChI is InChI=1S/C9H19BrO2/c1-9(2,3)12-8(11)6-4-5-7-10/h8,11H,4-7H2,1-3H3. The molecule has 74 valence electrons. The van der Waals surface area contributed by atoms with Crippen LogP contribution < -0.4 is 0 Å². The van der Waals surface area contributed by atoms with Crippen molar-refractivity contribution in [1.29, 1.82) is 0 Å². The highest BCUT2D eigenvalue weighted by Gasteiger charge is 2.15. The van der Waals surface area contributed by atoms with Crippen molar-refractivity contribution in [3.05, 3.63) is 0 Å². The van der Waals surface area contributed by atoms with Crippen LogP contribution in [0.4, 0.5) is 0 Å². The van der Waals surface area contributed by atoms with Crippen LogP contribution in [0, 0.1) is 0 Å². The Bertz CT molecular complexity index is 110. The van der Waals surface area contributed by atoms with Crippen LogP contribution in [-0.4, -0.2) is 22.3 Å². The predicted molar refractivity (Wildman–Crippen MR) is 54.5 cm³/mol. The molecule has 0 spiro atoms. The molecule has 0 saturated carbocycles. The lowest BCUT2D eigenvalue weighted by atomic mass is 10.2. The Morgan fingerprint density at radius 2 is 1.92 bits per heavy atom. The van der Waals surface area contributed by atoms with Crippen molar-refractivity contribution in [2.24, 2.45) is 0 Å². The highest BCUT2D eigenvalue weighted by atomic mass is 79.9. The SMILES string of the molecule is CC(C)(C)OC(O)CCCCBr. The summed E-state index contributed by atoms with van der Waals surface area (Å²) in [6, 6.07) is 0. The van der Waals surface area contributed by atoms with Crippen LogP contribution in [-0.2, 0) is 4.74 Å². The first kappa shape index (κ1) is 12.4. The van der Waals surface area contributed by atoms with Gasteiger partial charge in [0.05, 0.1) is 5.60 Å². The van der Waals surface area contributed by atoms with Gasteiger partial charge in [0.1, 0.15) is 0 Å². The molecule has 0 fully saturated rings. The number of hydrogen-bond donors (Lipinski definition) is 1. The summed E-state index contributed by atoms with van der Waals surface area (Å²) in [5.74, 6) is 0. The molecule has 12 heavy (non-hydrogen) atoms. The van der Waals surface area contributed by atoms with Gasteiger partial charge in [-0.05, 0) is 40.0 Å². The third-order valence-corrected chi connectivity index (χ3v) is 1.89. The van der Waals surface area contributed by atoms with Gasteiger partial charge in [-0.2, -0.15) is 0 Å². The maximum atomic E-state index is 9.37. The van der Waals surface area contributed by atoms with E-state index in [1.807, 2.05) is 20.8 Å². The topological polar surface area (TPSA) is 29.5 Å². The van der Waals surface area contributed by atoms with E-state index in [0.29, 0.717) is 0 Å². The molecule has 0 bridgehead atoms. The number of aliphatic hydroxyl groups is 1. The fourth-order valence-corrected chi connectivity index (χ4v) is 1.28. The molecule has 0 aromatic rings. The molecule has 2 nitrogen and oxygen atoms in total. The van der Waals surface area contributed by atoms with Crippen molar-refractivity contribution < 1.29 is 9.84 Å². The van der Waals surface area contributed by atoms with Gasteiger partial charge in [-0.1, -0.05) is 15.9 Å². The molecule has 0 aliphatic rings. The van der Waals surface area contributed by atoms with Crippen molar-refractivity contribution in [2.75, 3.05) is 5.33 Å². The number of rotatable bonds is 5. The highest BCUT2D eigenvalue weighted by Crippen LogP contribution is 2.13. The normalized spacial score (nSPS) is 14.8. The van der Waals surface area contributed by atoms with E-state index in [1.54, 1.807) is 0 Å². The van der Waals surface area contributed by atoms with Gasteiger partial charge in [0.2, 0.25) is 0 Å². The van der Waals surface area contributed by atoms with E-state index in [-0.39, 0.29) is 5.60 Å². The number of ether oxygens (including phenoxy) is 1. The van der Waals surface area contributed by atoms with Crippen LogP contribution in [0.3, 0.4) is 0 Å². The number of hydrogen-bond acceptors (Lipinski definition) is 2. The molecule has 0 aliphatic carbocycles. The predicted octanol–water partition coefficient (Wildman–Crippen LogP) is 2.69. The summed E-state index contributed by atoms with van der Waals surface area (Å²) in [6.45, 7) is 5.84. The second-order valence-electron chi connectivity index (χ2n) is 3.87. The first-order chi connectivity index (χ1) is 5.45. The molecular weight excluding hydrogens is 220 g/mol. The molecule has 0 aromatic heterocycles. The monoisotopic (exact) mass is 238 g/mol. The number of halogens is 1. The Hall–Kier alpha value is 0.400. The molecule has 1 atom stereocenters. The van der Waals surface area contributed by atoms with Crippen LogP contribution in [0.25, 0.3) is 0 Å². The van der Waals surface area contributed by atoms with Crippen molar-refractivity contribution in [1.82, 2.24) is 0 Å². The smallest absolute Gasteiger partial charge is 0.155 e. The molecule has 3 heteroatoms.